The van der Waals surface area contributed by atoms with Crippen molar-refractivity contribution in [1.29, 1.82) is 0 Å². The van der Waals surface area contributed by atoms with E-state index in [9.17, 15) is 9.59 Å². The fourth-order valence-electron chi connectivity index (χ4n) is 1.68. The fourth-order valence-corrected chi connectivity index (χ4v) is 1.94. The Hall–Kier alpha value is -1.82. The monoisotopic (exact) mass is 384 g/mol. The Balaban J connectivity index is 3.01. The van der Waals surface area contributed by atoms with Crippen LogP contribution in [0.5, 0.6) is 0 Å². The van der Waals surface area contributed by atoms with E-state index in [0.29, 0.717) is 5.56 Å². The predicted molar refractivity (Wildman–Crippen MR) is 90.0 cm³/mol. The second kappa shape index (κ2) is 8.15. The summed E-state index contributed by atoms with van der Waals surface area (Å²) in [6, 6.07) is 7.01. The average Bonchev–Trinajstić information content (AvgIpc) is 2.43. The first-order valence-corrected chi connectivity index (χ1v) is 7.94. The summed E-state index contributed by atoms with van der Waals surface area (Å²) in [4.78, 5) is 23.9. The Kier molecular flexibility index (Phi) is 6.81. The lowest BCUT2D eigenvalue weighted by Gasteiger charge is -2.23. The topological polar surface area (TPSA) is 61.8 Å². The van der Waals surface area contributed by atoms with Gasteiger partial charge in [-0.15, -0.1) is 0 Å². The van der Waals surface area contributed by atoms with Gasteiger partial charge in [0, 0.05) is 4.47 Å². The molecule has 0 radical (unpaired) electrons. The molecule has 0 fully saturated rings. The van der Waals surface area contributed by atoms with Crippen LogP contribution in [0.3, 0.4) is 0 Å². The lowest BCUT2D eigenvalue weighted by Crippen LogP contribution is -2.27. The van der Waals surface area contributed by atoms with E-state index in [1.54, 1.807) is 52.0 Å². The Labute approximate surface area is 144 Å². The van der Waals surface area contributed by atoms with Crippen LogP contribution in [0.1, 0.15) is 39.4 Å². The van der Waals surface area contributed by atoms with E-state index in [-0.39, 0.29) is 12.2 Å². The molecule has 0 bridgehead atoms. The minimum Gasteiger partial charge on any atom is -0.463 e. The Bertz CT molecular complexity index is 572. The van der Waals surface area contributed by atoms with Gasteiger partial charge in [0.1, 0.15) is 5.60 Å². The van der Waals surface area contributed by atoms with Crippen molar-refractivity contribution in [3.05, 3.63) is 46.5 Å². The summed E-state index contributed by atoms with van der Waals surface area (Å²) in [6.07, 6.45) is -1.85. The molecular formula is C17H21BrO5. The molecule has 0 saturated carbocycles. The molecule has 126 valence electrons. The maximum atomic E-state index is 11.9. The highest BCUT2D eigenvalue weighted by molar-refractivity contribution is 9.10. The highest BCUT2D eigenvalue weighted by Gasteiger charge is 2.28. The molecule has 0 aliphatic rings. The number of hydrogen-bond acceptors (Lipinski definition) is 5. The predicted octanol–water partition coefficient (Wildman–Crippen LogP) is 4.56. The zero-order chi connectivity index (χ0) is 17.6. The van der Waals surface area contributed by atoms with Crippen LogP contribution >= 0.6 is 15.9 Å². The van der Waals surface area contributed by atoms with Crippen molar-refractivity contribution < 1.29 is 23.8 Å². The van der Waals surface area contributed by atoms with E-state index in [0.717, 1.165) is 4.47 Å². The Morgan fingerprint density at radius 1 is 1.22 bits per heavy atom. The molecule has 0 amide bonds. The number of carbonyl (C=O) groups is 2. The van der Waals surface area contributed by atoms with E-state index >= 15 is 0 Å². The third-order valence-corrected chi connectivity index (χ3v) is 3.16. The fraction of sp³-hybridized carbons (Fsp3) is 0.412. The van der Waals surface area contributed by atoms with Gasteiger partial charge in [-0.3, -0.25) is 0 Å². The third kappa shape index (κ3) is 6.44. The highest BCUT2D eigenvalue weighted by atomic mass is 79.9. The van der Waals surface area contributed by atoms with Crippen molar-refractivity contribution in [2.75, 3.05) is 6.61 Å². The minimum atomic E-state index is -0.975. The zero-order valence-corrected chi connectivity index (χ0v) is 15.3. The summed E-state index contributed by atoms with van der Waals surface area (Å²) in [6.45, 7) is 10.8. The Morgan fingerprint density at radius 3 is 2.26 bits per heavy atom. The molecule has 1 aromatic carbocycles. The first-order valence-electron chi connectivity index (χ1n) is 7.15. The molecule has 1 rings (SSSR count). The van der Waals surface area contributed by atoms with E-state index in [1.165, 1.54) is 0 Å². The van der Waals surface area contributed by atoms with Gasteiger partial charge in [0.15, 0.2) is 6.10 Å². The summed E-state index contributed by atoms with van der Waals surface area (Å²) in [7, 11) is 0. The maximum absolute atomic E-state index is 11.9. The van der Waals surface area contributed by atoms with Gasteiger partial charge >= 0.3 is 12.1 Å². The number of esters is 1. The van der Waals surface area contributed by atoms with Crippen molar-refractivity contribution in [1.82, 2.24) is 0 Å². The van der Waals surface area contributed by atoms with Gasteiger partial charge in [-0.2, -0.15) is 0 Å². The maximum Gasteiger partial charge on any atom is 0.509 e. The second-order valence-electron chi connectivity index (χ2n) is 5.76. The van der Waals surface area contributed by atoms with E-state index < -0.39 is 23.8 Å². The lowest BCUT2D eigenvalue weighted by atomic mass is 10.0. The molecule has 5 nitrogen and oxygen atoms in total. The summed E-state index contributed by atoms with van der Waals surface area (Å²) in [5.74, 6) is -0.621. The van der Waals surface area contributed by atoms with E-state index in [4.69, 9.17) is 14.2 Å². The molecule has 1 unspecified atom stereocenters. The molecule has 0 aromatic heterocycles. The van der Waals surface area contributed by atoms with Crippen molar-refractivity contribution in [3.8, 4) is 0 Å². The molecule has 1 aromatic rings. The quantitative estimate of drug-likeness (QED) is 0.549. The standard InChI is InChI=1S/C17H21BrO5/c1-6-21-15(19)11(2)14(12-7-9-13(18)10-8-12)22-16(20)23-17(3,4)5/h7-10,14H,2,6H2,1,3-5H3. The summed E-state index contributed by atoms with van der Waals surface area (Å²) >= 11 is 3.33. The number of carbonyl (C=O) groups excluding carboxylic acids is 2. The van der Waals surface area contributed by atoms with Crippen molar-refractivity contribution in [3.63, 3.8) is 0 Å². The van der Waals surface area contributed by atoms with Crippen LogP contribution in [-0.4, -0.2) is 24.3 Å². The van der Waals surface area contributed by atoms with Gasteiger partial charge in [0.05, 0.1) is 12.2 Å². The van der Waals surface area contributed by atoms with Crippen LogP contribution < -0.4 is 0 Å². The zero-order valence-electron chi connectivity index (χ0n) is 13.7. The van der Waals surface area contributed by atoms with Crippen LogP contribution in [0, 0.1) is 0 Å². The van der Waals surface area contributed by atoms with Crippen LogP contribution in [-0.2, 0) is 19.0 Å². The summed E-state index contributed by atoms with van der Waals surface area (Å²) in [5.41, 5.74) is -0.0794. The number of rotatable bonds is 5. The molecule has 0 saturated heterocycles. The minimum absolute atomic E-state index is 0.0278. The van der Waals surface area contributed by atoms with Crippen molar-refractivity contribution in [2.45, 2.75) is 39.4 Å². The first-order chi connectivity index (χ1) is 10.6. The molecule has 1 atom stereocenters. The molecule has 0 aliphatic heterocycles. The highest BCUT2D eigenvalue weighted by Crippen LogP contribution is 2.28. The molecule has 6 heteroatoms. The largest absolute Gasteiger partial charge is 0.509 e. The van der Waals surface area contributed by atoms with Crippen LogP contribution in [0.2, 0.25) is 0 Å². The van der Waals surface area contributed by atoms with Crippen molar-refractivity contribution >= 4 is 28.1 Å². The molecule has 23 heavy (non-hydrogen) atoms. The van der Waals surface area contributed by atoms with Crippen LogP contribution in [0.25, 0.3) is 0 Å². The van der Waals surface area contributed by atoms with Crippen LogP contribution in [0.4, 0.5) is 4.79 Å². The molecular weight excluding hydrogens is 364 g/mol. The second-order valence-corrected chi connectivity index (χ2v) is 6.68. The van der Waals surface area contributed by atoms with E-state index in [2.05, 4.69) is 22.5 Å². The summed E-state index contributed by atoms with van der Waals surface area (Å²) < 4.78 is 16.2. The van der Waals surface area contributed by atoms with Gasteiger partial charge in [0.2, 0.25) is 0 Å². The van der Waals surface area contributed by atoms with Crippen LogP contribution in [0.15, 0.2) is 40.9 Å². The SMILES string of the molecule is C=C(C(=O)OCC)C(OC(=O)OC(C)(C)C)c1ccc(Br)cc1. The molecule has 0 N–H and O–H groups in total. The number of benzene rings is 1. The number of hydrogen-bond donors (Lipinski definition) is 0. The Morgan fingerprint density at radius 2 is 1.78 bits per heavy atom. The van der Waals surface area contributed by atoms with Crippen molar-refractivity contribution in [2.24, 2.45) is 0 Å². The molecule has 0 heterocycles. The average molecular weight is 385 g/mol. The first kappa shape index (κ1) is 19.2. The third-order valence-electron chi connectivity index (χ3n) is 2.63. The van der Waals surface area contributed by atoms with Gasteiger partial charge in [0.25, 0.3) is 0 Å². The van der Waals surface area contributed by atoms with Gasteiger partial charge in [-0.25, -0.2) is 9.59 Å². The summed E-state index contributed by atoms with van der Waals surface area (Å²) in [5, 5.41) is 0. The van der Waals surface area contributed by atoms with Gasteiger partial charge in [-0.1, -0.05) is 34.6 Å². The number of halogens is 1. The van der Waals surface area contributed by atoms with E-state index in [1.807, 2.05) is 0 Å². The van der Waals surface area contributed by atoms with Gasteiger partial charge in [-0.05, 0) is 45.4 Å². The molecule has 0 spiro atoms. The smallest absolute Gasteiger partial charge is 0.463 e. The lowest BCUT2D eigenvalue weighted by molar-refractivity contribution is -0.139. The molecule has 0 aliphatic carbocycles. The number of ether oxygens (including phenoxy) is 3. The normalized spacial score (nSPS) is 12.2. The van der Waals surface area contributed by atoms with Gasteiger partial charge < -0.3 is 14.2 Å².